The summed E-state index contributed by atoms with van der Waals surface area (Å²) >= 11 is 0. The molecule has 0 aliphatic heterocycles. The maximum atomic E-state index is 2.35. The average Bonchev–Trinajstić information content (AvgIpc) is 3.50. The van der Waals surface area contributed by atoms with E-state index in [1.807, 2.05) is 0 Å². The van der Waals surface area contributed by atoms with Gasteiger partial charge >= 0.3 is 0 Å². The molecule has 0 N–H and O–H groups in total. The van der Waals surface area contributed by atoms with Gasteiger partial charge < -0.3 is 9.80 Å². The van der Waals surface area contributed by atoms with E-state index < -0.39 is 0 Å². The van der Waals surface area contributed by atoms with Crippen molar-refractivity contribution in [1.82, 2.24) is 0 Å². The first kappa shape index (κ1) is 46.3. The largest absolute Gasteiger partial charge is 0.311 e. The minimum absolute atomic E-state index is 0.822. The average molecular weight is 959 g/mol. The highest BCUT2D eigenvalue weighted by atomic mass is 15.1. The van der Waals surface area contributed by atoms with Gasteiger partial charge in [-0.2, -0.15) is 0 Å². The maximum Gasteiger partial charge on any atom is 0.0462 e. The zero-order valence-corrected chi connectivity index (χ0v) is 41.6. The molecule has 0 radical (unpaired) electrons. The minimum Gasteiger partial charge on any atom is -0.311 e. The number of hydrogen-bond acceptors (Lipinski definition) is 2. The van der Waals surface area contributed by atoms with Gasteiger partial charge in [0.2, 0.25) is 0 Å². The Bertz CT molecular complexity index is 3680. The molecule has 0 spiro atoms. The van der Waals surface area contributed by atoms with E-state index >= 15 is 0 Å². The summed E-state index contributed by atoms with van der Waals surface area (Å²) in [7, 11) is 0. The molecule has 2 heteroatoms. The molecule has 0 aliphatic carbocycles. The number of rotatable bonds is 14. The first-order chi connectivity index (χ1) is 37.1. The molecule has 75 heavy (non-hydrogen) atoms. The van der Waals surface area contributed by atoms with Crippen LogP contribution in [0.4, 0.5) is 34.1 Å². The summed E-state index contributed by atoms with van der Waals surface area (Å²) in [5.74, 6) is 0. The Kier molecular flexibility index (Phi) is 13.3. The summed E-state index contributed by atoms with van der Waals surface area (Å²) in [5.41, 5.74) is 23.5. The molecule has 0 unspecified atom stereocenters. The summed E-state index contributed by atoms with van der Waals surface area (Å²) in [6.45, 7) is 0. The standard InChI is InChI=1S/C73H54N2/c1-5-16-56(17-6-1)60-29-41-69(42-30-60)74(70-43-31-61(32-44-70)57-18-7-2-8-19-57)68-39-27-54(28-40-68)51-55-15-13-24-65(52-55)63-35-47-72(48-36-63)75(71-45-33-62(34-46-71)58-20-9-3-10-21-58)73-49-37-64(38-50-73)67-26-14-25-66(53-67)59-22-11-4-12-23-59/h1-50,52-53H,51H2. The predicted octanol–water partition coefficient (Wildman–Crippen LogP) is 20.2. The van der Waals surface area contributed by atoms with Gasteiger partial charge in [0.25, 0.3) is 0 Å². The Morgan fingerprint density at radius 2 is 0.387 bits per heavy atom. The molecule has 0 heterocycles. The predicted molar refractivity (Wildman–Crippen MR) is 318 cm³/mol. The Balaban J connectivity index is 0.801. The molecule has 0 atom stereocenters. The normalized spacial score (nSPS) is 11.0. The van der Waals surface area contributed by atoms with Crippen LogP contribution in [-0.4, -0.2) is 0 Å². The van der Waals surface area contributed by atoms with Crippen LogP contribution < -0.4 is 9.80 Å². The third kappa shape index (κ3) is 10.5. The van der Waals surface area contributed by atoms with Gasteiger partial charge in [0.15, 0.2) is 0 Å². The molecular weight excluding hydrogens is 905 g/mol. The molecule has 12 rings (SSSR count). The van der Waals surface area contributed by atoms with Gasteiger partial charge in [-0.3, -0.25) is 0 Å². The van der Waals surface area contributed by atoms with Gasteiger partial charge in [0, 0.05) is 34.1 Å². The van der Waals surface area contributed by atoms with Crippen LogP contribution in [-0.2, 0) is 6.42 Å². The second kappa shape index (κ2) is 21.5. The lowest BCUT2D eigenvalue weighted by Gasteiger charge is -2.26. The Morgan fingerprint density at radius 3 is 0.707 bits per heavy atom. The van der Waals surface area contributed by atoms with Crippen molar-refractivity contribution < 1.29 is 0 Å². The summed E-state index contributed by atoms with van der Waals surface area (Å²) in [6.07, 6.45) is 0.822. The lowest BCUT2D eigenvalue weighted by molar-refractivity contribution is 1.18. The lowest BCUT2D eigenvalue weighted by Crippen LogP contribution is -2.10. The highest BCUT2D eigenvalue weighted by Gasteiger charge is 2.16. The zero-order valence-electron chi connectivity index (χ0n) is 41.6. The Hall–Kier alpha value is -9.76. The molecule has 0 saturated carbocycles. The van der Waals surface area contributed by atoms with E-state index in [4.69, 9.17) is 0 Å². The van der Waals surface area contributed by atoms with Crippen LogP contribution in [0.15, 0.2) is 315 Å². The number of benzene rings is 12. The minimum atomic E-state index is 0.822. The van der Waals surface area contributed by atoms with Crippen LogP contribution in [0, 0.1) is 0 Å². The smallest absolute Gasteiger partial charge is 0.0462 e. The molecule has 0 aliphatic rings. The van der Waals surface area contributed by atoms with Crippen LogP contribution >= 0.6 is 0 Å². The first-order valence-corrected chi connectivity index (χ1v) is 25.8. The van der Waals surface area contributed by atoms with Crippen LogP contribution in [0.2, 0.25) is 0 Å². The fourth-order valence-corrected chi connectivity index (χ4v) is 10.2. The van der Waals surface area contributed by atoms with E-state index in [0.29, 0.717) is 0 Å². The van der Waals surface area contributed by atoms with Crippen LogP contribution in [0.5, 0.6) is 0 Å². The SMILES string of the molecule is c1ccc(-c2ccc(N(c3ccc(Cc4cccc(-c5ccc(N(c6ccc(-c7ccccc7)cc6)c6ccc(-c7cccc(-c8ccccc8)c7)cc6)cc5)c4)cc3)c3ccc(-c4ccccc4)cc3)cc2)cc1. The van der Waals surface area contributed by atoms with Crippen molar-refractivity contribution in [3.05, 3.63) is 327 Å². The lowest BCUT2D eigenvalue weighted by atomic mass is 9.98. The number of hydrogen-bond donors (Lipinski definition) is 0. The third-order valence-corrected chi connectivity index (χ3v) is 14.1. The quantitative estimate of drug-likeness (QED) is 0.107. The monoisotopic (exact) mass is 958 g/mol. The molecule has 2 nitrogen and oxygen atoms in total. The van der Waals surface area contributed by atoms with Gasteiger partial charge in [0.1, 0.15) is 0 Å². The fourth-order valence-electron chi connectivity index (χ4n) is 10.2. The van der Waals surface area contributed by atoms with E-state index in [-0.39, 0.29) is 0 Å². The Morgan fingerprint density at radius 1 is 0.160 bits per heavy atom. The van der Waals surface area contributed by atoms with Crippen molar-refractivity contribution in [2.45, 2.75) is 6.42 Å². The van der Waals surface area contributed by atoms with Crippen molar-refractivity contribution in [2.75, 3.05) is 9.80 Å². The molecule has 356 valence electrons. The summed E-state index contributed by atoms with van der Waals surface area (Å²) in [6, 6.07) is 114. The number of anilines is 6. The molecular formula is C73H54N2. The van der Waals surface area contributed by atoms with Crippen molar-refractivity contribution >= 4 is 34.1 Å². The molecule has 0 bridgehead atoms. The Labute approximate surface area is 441 Å². The highest BCUT2D eigenvalue weighted by Crippen LogP contribution is 2.40. The molecule has 0 amide bonds. The molecule has 0 aromatic heterocycles. The summed E-state index contributed by atoms with van der Waals surface area (Å²) in [5, 5.41) is 0. The molecule has 12 aromatic carbocycles. The van der Waals surface area contributed by atoms with Gasteiger partial charge in [0.05, 0.1) is 0 Å². The van der Waals surface area contributed by atoms with Gasteiger partial charge in [-0.15, -0.1) is 0 Å². The zero-order chi connectivity index (χ0) is 50.2. The maximum absolute atomic E-state index is 2.35. The van der Waals surface area contributed by atoms with Gasteiger partial charge in [-0.05, 0) is 163 Å². The first-order valence-electron chi connectivity index (χ1n) is 25.8. The van der Waals surface area contributed by atoms with Gasteiger partial charge in [-0.25, -0.2) is 0 Å². The van der Waals surface area contributed by atoms with E-state index in [1.54, 1.807) is 0 Å². The number of nitrogens with zero attached hydrogens (tertiary/aromatic N) is 2. The molecule has 12 aromatic rings. The van der Waals surface area contributed by atoms with Crippen molar-refractivity contribution in [1.29, 1.82) is 0 Å². The molecule has 0 fully saturated rings. The van der Waals surface area contributed by atoms with Crippen LogP contribution in [0.1, 0.15) is 11.1 Å². The summed E-state index contributed by atoms with van der Waals surface area (Å²) in [4.78, 5) is 4.70. The van der Waals surface area contributed by atoms with Gasteiger partial charge in [-0.1, -0.05) is 237 Å². The summed E-state index contributed by atoms with van der Waals surface area (Å²) < 4.78 is 0. The van der Waals surface area contributed by atoms with Crippen molar-refractivity contribution in [3.8, 4) is 66.8 Å². The highest BCUT2D eigenvalue weighted by molar-refractivity contribution is 5.83. The fraction of sp³-hybridized carbons (Fsp3) is 0.0137. The van der Waals surface area contributed by atoms with Crippen LogP contribution in [0.3, 0.4) is 0 Å². The van der Waals surface area contributed by atoms with E-state index in [9.17, 15) is 0 Å². The van der Waals surface area contributed by atoms with Crippen LogP contribution in [0.25, 0.3) is 66.8 Å². The van der Waals surface area contributed by atoms with E-state index in [0.717, 1.165) is 40.5 Å². The van der Waals surface area contributed by atoms with E-state index in [2.05, 4.69) is 325 Å². The third-order valence-electron chi connectivity index (χ3n) is 14.1. The molecule has 0 saturated heterocycles. The van der Waals surface area contributed by atoms with Crippen molar-refractivity contribution in [3.63, 3.8) is 0 Å². The topological polar surface area (TPSA) is 6.48 Å². The van der Waals surface area contributed by atoms with Crippen molar-refractivity contribution in [2.24, 2.45) is 0 Å². The second-order valence-corrected chi connectivity index (χ2v) is 19.0. The second-order valence-electron chi connectivity index (χ2n) is 19.0. The van der Waals surface area contributed by atoms with E-state index in [1.165, 1.54) is 77.9 Å².